The number of rotatable bonds is 5. The lowest BCUT2D eigenvalue weighted by Gasteiger charge is -2.41. The summed E-state index contributed by atoms with van der Waals surface area (Å²) in [5, 5.41) is 11.0. The van der Waals surface area contributed by atoms with Crippen molar-refractivity contribution in [2.45, 2.75) is 30.3 Å². The van der Waals surface area contributed by atoms with Gasteiger partial charge < -0.3 is 18.8 Å². The van der Waals surface area contributed by atoms with Crippen molar-refractivity contribution < 1.29 is 27.2 Å². The van der Waals surface area contributed by atoms with Crippen molar-refractivity contribution in [3.05, 3.63) is 89.0 Å². The molecule has 6 rings (SSSR count). The Kier molecular flexibility index (Phi) is 5.73. The van der Waals surface area contributed by atoms with E-state index in [1.807, 2.05) is 12.1 Å². The minimum absolute atomic E-state index is 0.0100. The number of methoxy groups -OCH3 is 2. The molecular weight excluding hydrogens is 490 g/mol. The molecule has 0 aliphatic carbocycles. The van der Waals surface area contributed by atoms with E-state index in [0.29, 0.717) is 16.5 Å². The maximum atomic E-state index is 13.4. The second kappa shape index (κ2) is 8.97. The number of aromatic hydroxyl groups is 1. The van der Waals surface area contributed by atoms with E-state index in [-0.39, 0.29) is 22.4 Å². The second-order valence-electron chi connectivity index (χ2n) is 9.44. The second-order valence-corrected chi connectivity index (χ2v) is 11.0. The molecule has 1 N–H and O–H groups in total. The van der Waals surface area contributed by atoms with Crippen LogP contribution in [0.4, 0.5) is 0 Å². The van der Waals surface area contributed by atoms with Crippen molar-refractivity contribution in [3.63, 3.8) is 0 Å². The number of hydrogen-bond acceptors (Lipinski definition) is 7. The predicted molar refractivity (Wildman–Crippen MR) is 140 cm³/mol. The molecule has 1 atom stereocenters. The fourth-order valence-corrected chi connectivity index (χ4v) is 6.72. The smallest absolute Gasteiger partial charge is 0.339 e. The average Bonchev–Trinajstić information content (AvgIpc) is 2.91. The van der Waals surface area contributed by atoms with E-state index in [0.717, 1.165) is 42.8 Å². The van der Waals surface area contributed by atoms with Crippen molar-refractivity contribution in [2.24, 2.45) is 0 Å². The van der Waals surface area contributed by atoms with E-state index in [9.17, 15) is 13.5 Å². The van der Waals surface area contributed by atoms with E-state index >= 15 is 0 Å². The van der Waals surface area contributed by atoms with Gasteiger partial charge in [0.05, 0.1) is 14.2 Å². The lowest BCUT2D eigenvalue weighted by atomic mass is 9.84. The lowest BCUT2D eigenvalue weighted by Crippen LogP contribution is -2.39. The number of fused-ring (bicyclic) bond motifs is 5. The van der Waals surface area contributed by atoms with E-state index in [4.69, 9.17) is 13.7 Å². The van der Waals surface area contributed by atoms with Crippen LogP contribution in [0.2, 0.25) is 0 Å². The van der Waals surface area contributed by atoms with Crippen LogP contribution in [-0.2, 0) is 29.5 Å². The van der Waals surface area contributed by atoms with Crippen LogP contribution in [0.25, 0.3) is 10.8 Å². The summed E-state index contributed by atoms with van der Waals surface area (Å²) in [5.41, 5.74) is 4.70. The first-order valence-electron chi connectivity index (χ1n) is 12.1. The molecule has 0 saturated carbocycles. The normalized spacial score (nSPS) is 17.0. The summed E-state index contributed by atoms with van der Waals surface area (Å²) in [6.07, 6.45) is 1.69. The molecule has 1 unspecified atom stereocenters. The van der Waals surface area contributed by atoms with Crippen molar-refractivity contribution in [2.75, 3.05) is 20.8 Å². The van der Waals surface area contributed by atoms with Gasteiger partial charge in [-0.25, -0.2) is 0 Å². The van der Waals surface area contributed by atoms with Crippen molar-refractivity contribution >= 4 is 20.9 Å². The standard InChI is InChI=1S/C29H27NO6S/c1-34-21-9-10-22-18(13-21)11-12-30-17-20-16-27(35-2)28(15-19(20)14-25(22)30)36-37(32,33)29-8-4-5-23-24(29)6-3-7-26(23)31/h3-10,13,15-16,25,31H,11-12,14,17H2,1-2H3. The Labute approximate surface area is 215 Å². The highest BCUT2D eigenvalue weighted by Crippen LogP contribution is 2.43. The Hall–Kier alpha value is -3.75. The summed E-state index contributed by atoms with van der Waals surface area (Å²) < 4.78 is 43.5. The molecule has 0 radical (unpaired) electrons. The van der Waals surface area contributed by atoms with Crippen molar-refractivity contribution in [1.82, 2.24) is 4.90 Å². The zero-order chi connectivity index (χ0) is 25.7. The first-order valence-corrected chi connectivity index (χ1v) is 13.5. The SMILES string of the molecule is COc1ccc2c(c1)CCN1Cc3cc(OC)c(OS(=O)(=O)c4cccc5c(O)cccc45)cc3CC21. The molecule has 2 heterocycles. The highest BCUT2D eigenvalue weighted by molar-refractivity contribution is 7.87. The molecule has 0 saturated heterocycles. The molecule has 0 aromatic heterocycles. The van der Waals surface area contributed by atoms with Crippen LogP contribution in [0.3, 0.4) is 0 Å². The zero-order valence-electron chi connectivity index (χ0n) is 20.6. The summed E-state index contributed by atoms with van der Waals surface area (Å²) in [6.45, 7) is 1.69. The van der Waals surface area contributed by atoms with E-state index < -0.39 is 10.1 Å². The molecule has 0 bridgehead atoms. The van der Waals surface area contributed by atoms with Crippen molar-refractivity contribution in [3.8, 4) is 23.0 Å². The van der Waals surface area contributed by atoms with Gasteiger partial charge in [0.15, 0.2) is 11.5 Å². The number of nitrogens with zero attached hydrogens (tertiary/aromatic N) is 1. The highest BCUT2D eigenvalue weighted by Gasteiger charge is 2.33. The quantitative estimate of drug-likeness (QED) is 0.374. The van der Waals surface area contributed by atoms with Gasteiger partial charge in [0, 0.05) is 29.9 Å². The van der Waals surface area contributed by atoms with Gasteiger partial charge in [-0.15, -0.1) is 0 Å². The maximum absolute atomic E-state index is 13.4. The van der Waals surface area contributed by atoms with Gasteiger partial charge in [-0.2, -0.15) is 8.42 Å². The van der Waals surface area contributed by atoms with Crippen LogP contribution in [0.1, 0.15) is 28.3 Å². The van der Waals surface area contributed by atoms with Gasteiger partial charge in [0.1, 0.15) is 16.4 Å². The number of ether oxygens (including phenoxy) is 2. The third-order valence-electron chi connectivity index (χ3n) is 7.42. The maximum Gasteiger partial charge on any atom is 0.339 e. The molecule has 8 heteroatoms. The molecular formula is C29H27NO6S. The van der Waals surface area contributed by atoms with Gasteiger partial charge in [-0.05, 0) is 71.5 Å². The Morgan fingerprint density at radius 3 is 2.46 bits per heavy atom. The Morgan fingerprint density at radius 2 is 1.65 bits per heavy atom. The Balaban J connectivity index is 1.37. The number of hydrogen-bond donors (Lipinski definition) is 1. The monoisotopic (exact) mass is 517 g/mol. The van der Waals surface area contributed by atoms with Gasteiger partial charge in [0.25, 0.3) is 0 Å². The third kappa shape index (κ3) is 4.06. The summed E-state index contributed by atoms with van der Waals surface area (Å²) >= 11 is 0. The molecule has 0 amide bonds. The van der Waals surface area contributed by atoms with Crippen molar-refractivity contribution in [1.29, 1.82) is 0 Å². The van der Waals surface area contributed by atoms with Gasteiger partial charge in [0.2, 0.25) is 0 Å². The summed E-state index contributed by atoms with van der Waals surface area (Å²) in [6, 6.07) is 19.6. The number of phenolic OH excluding ortho intramolecular Hbond substituents is 1. The number of benzene rings is 4. The van der Waals surface area contributed by atoms with Crippen LogP contribution in [0, 0.1) is 0 Å². The molecule has 4 aromatic carbocycles. The fraction of sp³-hybridized carbons (Fsp3) is 0.241. The molecule has 0 spiro atoms. The summed E-state index contributed by atoms with van der Waals surface area (Å²) in [4.78, 5) is 2.44. The minimum atomic E-state index is -4.21. The van der Waals surface area contributed by atoms with Crippen LogP contribution < -0.4 is 13.7 Å². The summed E-state index contributed by atoms with van der Waals surface area (Å²) in [7, 11) is -1.03. The molecule has 7 nitrogen and oxygen atoms in total. The van der Waals surface area contributed by atoms with E-state index in [1.165, 1.54) is 30.4 Å². The van der Waals surface area contributed by atoms with Crippen LogP contribution in [0.15, 0.2) is 71.6 Å². The van der Waals surface area contributed by atoms with Crippen LogP contribution in [-0.4, -0.2) is 39.2 Å². The predicted octanol–water partition coefficient (Wildman–Crippen LogP) is 4.99. The molecule has 0 fully saturated rings. The Morgan fingerprint density at radius 1 is 0.865 bits per heavy atom. The van der Waals surface area contributed by atoms with Crippen LogP contribution >= 0.6 is 0 Å². The highest BCUT2D eigenvalue weighted by atomic mass is 32.2. The Bertz CT molecular complexity index is 1630. The van der Waals surface area contributed by atoms with Gasteiger partial charge >= 0.3 is 10.1 Å². The largest absolute Gasteiger partial charge is 0.507 e. The molecule has 2 aliphatic heterocycles. The van der Waals surface area contributed by atoms with Gasteiger partial charge in [-0.3, -0.25) is 4.90 Å². The molecule has 2 aliphatic rings. The third-order valence-corrected chi connectivity index (χ3v) is 8.71. The lowest BCUT2D eigenvalue weighted by molar-refractivity contribution is 0.160. The number of phenols is 1. The van der Waals surface area contributed by atoms with E-state index in [1.54, 1.807) is 37.4 Å². The van der Waals surface area contributed by atoms with Crippen LogP contribution in [0.5, 0.6) is 23.0 Å². The minimum Gasteiger partial charge on any atom is -0.507 e. The van der Waals surface area contributed by atoms with E-state index in [2.05, 4.69) is 17.0 Å². The molecule has 190 valence electrons. The van der Waals surface area contributed by atoms with Gasteiger partial charge in [-0.1, -0.05) is 30.3 Å². The zero-order valence-corrected chi connectivity index (χ0v) is 21.4. The topological polar surface area (TPSA) is 85.3 Å². The molecule has 37 heavy (non-hydrogen) atoms. The first kappa shape index (κ1) is 23.6. The molecule has 4 aromatic rings. The average molecular weight is 518 g/mol. The first-order chi connectivity index (χ1) is 17.9. The summed E-state index contributed by atoms with van der Waals surface area (Å²) in [5.74, 6) is 1.38. The fourth-order valence-electron chi connectivity index (χ4n) is 5.57.